The van der Waals surface area contributed by atoms with Gasteiger partial charge in [-0.1, -0.05) is 0 Å². The van der Waals surface area contributed by atoms with Gasteiger partial charge in [0.2, 0.25) is 0 Å². The van der Waals surface area contributed by atoms with Gasteiger partial charge >= 0.3 is 12.1 Å². The van der Waals surface area contributed by atoms with E-state index in [0.717, 1.165) is 0 Å². The van der Waals surface area contributed by atoms with Gasteiger partial charge in [-0.3, -0.25) is 4.79 Å². The Kier molecular flexibility index (Phi) is 5.94. The predicted molar refractivity (Wildman–Crippen MR) is 48.0 cm³/mol. The van der Waals surface area contributed by atoms with E-state index in [4.69, 9.17) is 5.73 Å². The van der Waals surface area contributed by atoms with E-state index in [2.05, 4.69) is 4.74 Å². The second kappa shape index (κ2) is 6.13. The lowest BCUT2D eigenvalue weighted by atomic mass is 10.4. The van der Waals surface area contributed by atoms with Crippen molar-refractivity contribution in [1.82, 2.24) is 0 Å². The van der Waals surface area contributed by atoms with Gasteiger partial charge in [-0.15, -0.1) is 11.8 Å². The van der Waals surface area contributed by atoms with Crippen LogP contribution in [0.2, 0.25) is 0 Å². The summed E-state index contributed by atoms with van der Waals surface area (Å²) >= 11 is 0.452. The number of ether oxygens (including phenoxy) is 1. The molecule has 2 N–H and O–H groups in total. The van der Waals surface area contributed by atoms with E-state index in [1.165, 1.54) is 0 Å². The molecule has 7 heteroatoms. The van der Waals surface area contributed by atoms with Gasteiger partial charge in [0, 0.05) is 6.54 Å². The van der Waals surface area contributed by atoms with Gasteiger partial charge in [-0.2, -0.15) is 13.2 Å². The Morgan fingerprint density at radius 1 is 1.57 bits per heavy atom. The van der Waals surface area contributed by atoms with Gasteiger partial charge in [0.15, 0.2) is 0 Å². The van der Waals surface area contributed by atoms with Crippen LogP contribution in [0.4, 0.5) is 13.2 Å². The molecule has 0 aromatic rings. The maximum absolute atomic E-state index is 12.1. The van der Waals surface area contributed by atoms with Crippen LogP contribution in [0.25, 0.3) is 0 Å². The topological polar surface area (TPSA) is 52.3 Å². The van der Waals surface area contributed by atoms with Gasteiger partial charge in [0.1, 0.15) is 5.25 Å². The Morgan fingerprint density at radius 2 is 2.14 bits per heavy atom. The quantitative estimate of drug-likeness (QED) is 0.722. The summed E-state index contributed by atoms with van der Waals surface area (Å²) in [6.45, 7) is 1.22. The van der Waals surface area contributed by atoms with E-state index in [1.54, 1.807) is 6.92 Å². The maximum Gasteiger partial charge on any atom is 0.401 e. The smallest absolute Gasteiger partial charge is 0.401 e. The molecule has 14 heavy (non-hydrogen) atoms. The SMILES string of the molecule is CCOC(=O)CSC(CN)C(F)(F)F. The van der Waals surface area contributed by atoms with Crippen molar-refractivity contribution in [3.63, 3.8) is 0 Å². The second-order valence-electron chi connectivity index (χ2n) is 2.38. The standard InChI is InChI=1S/C7H12F3NO2S/c1-2-13-6(12)4-14-5(3-11)7(8,9)10/h5H,2-4,11H2,1H3. The van der Waals surface area contributed by atoms with E-state index in [-0.39, 0.29) is 12.4 Å². The summed E-state index contributed by atoms with van der Waals surface area (Å²) in [5.74, 6) is -0.977. The molecule has 0 saturated carbocycles. The van der Waals surface area contributed by atoms with Crippen molar-refractivity contribution in [2.24, 2.45) is 5.73 Å². The number of alkyl halides is 3. The number of rotatable bonds is 5. The molecule has 0 amide bonds. The number of halogens is 3. The van der Waals surface area contributed by atoms with Crippen LogP contribution < -0.4 is 5.73 Å². The highest BCUT2D eigenvalue weighted by atomic mass is 32.2. The third kappa shape index (κ3) is 5.33. The molecule has 84 valence electrons. The minimum absolute atomic E-state index is 0.165. The van der Waals surface area contributed by atoms with E-state index in [9.17, 15) is 18.0 Å². The van der Waals surface area contributed by atoms with E-state index in [1.807, 2.05) is 0 Å². The fourth-order valence-electron chi connectivity index (χ4n) is 0.667. The van der Waals surface area contributed by atoms with Crippen LogP contribution in [-0.4, -0.2) is 36.3 Å². The van der Waals surface area contributed by atoms with Crippen molar-refractivity contribution < 1.29 is 22.7 Å². The summed E-state index contributed by atoms with van der Waals surface area (Å²) in [5, 5.41) is -1.70. The molecule has 0 aromatic heterocycles. The first-order valence-corrected chi connectivity index (χ1v) is 5.00. The van der Waals surface area contributed by atoms with Gasteiger partial charge in [0.05, 0.1) is 12.4 Å². The zero-order valence-electron chi connectivity index (χ0n) is 7.63. The Balaban J connectivity index is 3.91. The third-order valence-electron chi connectivity index (χ3n) is 1.29. The molecule has 1 unspecified atom stereocenters. The summed E-state index contributed by atoms with van der Waals surface area (Å²) in [5.41, 5.74) is 4.93. The number of thioether (sulfide) groups is 1. The van der Waals surface area contributed by atoms with Crippen LogP contribution in [0.15, 0.2) is 0 Å². The molecule has 1 atom stereocenters. The first kappa shape index (κ1) is 13.6. The zero-order chi connectivity index (χ0) is 11.2. The summed E-state index contributed by atoms with van der Waals surface area (Å²) in [6, 6.07) is 0. The molecule has 0 aliphatic heterocycles. The fourth-order valence-corrected chi connectivity index (χ4v) is 1.41. The fraction of sp³-hybridized carbons (Fsp3) is 0.857. The second-order valence-corrected chi connectivity index (χ2v) is 3.57. The van der Waals surface area contributed by atoms with E-state index < -0.39 is 23.9 Å². The van der Waals surface area contributed by atoms with Crippen LogP contribution in [0.5, 0.6) is 0 Å². The predicted octanol–water partition coefficient (Wildman–Crippen LogP) is 1.17. The molecule has 0 heterocycles. The van der Waals surface area contributed by atoms with Crippen molar-refractivity contribution >= 4 is 17.7 Å². The normalized spacial score (nSPS) is 13.8. The highest BCUT2D eigenvalue weighted by Gasteiger charge is 2.39. The largest absolute Gasteiger partial charge is 0.465 e. The van der Waals surface area contributed by atoms with Crippen LogP contribution >= 0.6 is 11.8 Å². The van der Waals surface area contributed by atoms with Crippen LogP contribution in [-0.2, 0) is 9.53 Å². The third-order valence-corrected chi connectivity index (χ3v) is 2.55. The number of nitrogens with two attached hydrogens (primary N) is 1. The molecule has 0 aromatic carbocycles. The van der Waals surface area contributed by atoms with E-state index >= 15 is 0 Å². The molecule has 0 radical (unpaired) electrons. The molecule has 0 rings (SSSR count). The highest BCUT2D eigenvalue weighted by Crippen LogP contribution is 2.29. The Morgan fingerprint density at radius 3 is 2.50 bits per heavy atom. The molecular formula is C7H12F3NO2S. The highest BCUT2D eigenvalue weighted by molar-refractivity contribution is 8.00. The molecule has 0 bridgehead atoms. The van der Waals surface area contributed by atoms with Gasteiger partial charge in [-0.05, 0) is 6.92 Å². The lowest BCUT2D eigenvalue weighted by Gasteiger charge is -2.17. The number of carbonyl (C=O) groups is 1. The lowest BCUT2D eigenvalue weighted by molar-refractivity contribution is -0.139. The van der Waals surface area contributed by atoms with Crippen LogP contribution in [0, 0.1) is 0 Å². The first-order valence-electron chi connectivity index (χ1n) is 3.95. The number of esters is 1. The molecule has 0 aliphatic rings. The van der Waals surface area contributed by atoms with Crippen LogP contribution in [0.3, 0.4) is 0 Å². The molecule has 3 nitrogen and oxygen atoms in total. The minimum Gasteiger partial charge on any atom is -0.465 e. The summed E-state index contributed by atoms with van der Waals surface area (Å²) < 4.78 is 40.8. The number of hydrogen-bond acceptors (Lipinski definition) is 4. The molecule has 0 spiro atoms. The molecule has 0 aliphatic carbocycles. The van der Waals surface area contributed by atoms with Crippen molar-refractivity contribution in [2.45, 2.75) is 18.3 Å². The van der Waals surface area contributed by atoms with Crippen molar-refractivity contribution in [2.75, 3.05) is 18.9 Å². The Labute approximate surface area is 84.2 Å². The average Bonchev–Trinajstić information content (AvgIpc) is 2.03. The molecular weight excluding hydrogens is 219 g/mol. The molecule has 0 saturated heterocycles. The Bertz CT molecular complexity index is 186. The van der Waals surface area contributed by atoms with E-state index in [0.29, 0.717) is 11.8 Å². The summed E-state index contributed by atoms with van der Waals surface area (Å²) in [6.07, 6.45) is -4.37. The first-order chi connectivity index (χ1) is 6.41. The Hall–Kier alpha value is -0.430. The zero-order valence-corrected chi connectivity index (χ0v) is 8.45. The van der Waals surface area contributed by atoms with Crippen molar-refractivity contribution in [1.29, 1.82) is 0 Å². The maximum atomic E-state index is 12.1. The van der Waals surface area contributed by atoms with Gasteiger partial charge in [-0.25, -0.2) is 0 Å². The summed E-state index contributed by atoms with van der Waals surface area (Å²) in [4.78, 5) is 10.7. The molecule has 0 fully saturated rings. The van der Waals surface area contributed by atoms with Gasteiger partial charge < -0.3 is 10.5 Å². The van der Waals surface area contributed by atoms with Crippen molar-refractivity contribution in [3.05, 3.63) is 0 Å². The van der Waals surface area contributed by atoms with Crippen LogP contribution in [0.1, 0.15) is 6.92 Å². The van der Waals surface area contributed by atoms with Gasteiger partial charge in [0.25, 0.3) is 0 Å². The number of hydrogen-bond donors (Lipinski definition) is 1. The lowest BCUT2D eigenvalue weighted by Crippen LogP contribution is -2.34. The number of carbonyl (C=O) groups excluding carboxylic acids is 1. The monoisotopic (exact) mass is 231 g/mol. The minimum atomic E-state index is -4.37. The summed E-state index contributed by atoms with van der Waals surface area (Å²) in [7, 11) is 0. The van der Waals surface area contributed by atoms with Crippen molar-refractivity contribution in [3.8, 4) is 0 Å². The average molecular weight is 231 g/mol.